The lowest BCUT2D eigenvalue weighted by molar-refractivity contribution is -0.299. The van der Waals surface area contributed by atoms with Gasteiger partial charge in [-0.15, -0.1) is 0 Å². The van der Waals surface area contributed by atoms with Gasteiger partial charge < -0.3 is 29.3 Å². The van der Waals surface area contributed by atoms with Gasteiger partial charge in [-0.3, -0.25) is 4.79 Å². The van der Waals surface area contributed by atoms with Crippen LogP contribution in [0, 0.1) is 11.8 Å². The highest BCUT2D eigenvalue weighted by Crippen LogP contribution is 2.33. The molecule has 3 rings (SSSR count). The number of esters is 1. The predicted molar refractivity (Wildman–Crippen MR) is 127 cm³/mol. The number of amides is 1. The van der Waals surface area contributed by atoms with E-state index in [1.54, 1.807) is 12.2 Å². The zero-order chi connectivity index (χ0) is 24.9. The number of carbonyl (C=O) groups is 2. The number of allylic oxidation sites excluding steroid dienone is 2. The lowest BCUT2D eigenvalue weighted by atomic mass is 9.90. The average molecular weight is 480 g/mol. The number of piperidine rings is 1. The van der Waals surface area contributed by atoms with Crippen LogP contribution in [0.4, 0.5) is 0 Å². The standard InChI is InChI=1S/C26H41NO7/c1-5-20-11-9-18(4)26(31,34-20)16-32-15-24(29)27-13-7-6-8-21(27)25(30)33-23-12-10-19(17(2)3)14-22(23)28/h10,12,14,17-18,20-23,28,31H,5-9,11,13,15-16H2,1-4H3. The van der Waals surface area contributed by atoms with Crippen LogP contribution < -0.4 is 0 Å². The zero-order valence-corrected chi connectivity index (χ0v) is 20.9. The van der Waals surface area contributed by atoms with Crippen molar-refractivity contribution in [2.75, 3.05) is 19.8 Å². The van der Waals surface area contributed by atoms with Gasteiger partial charge in [-0.1, -0.05) is 33.8 Å². The molecule has 6 unspecified atom stereocenters. The third kappa shape index (κ3) is 6.47. The Morgan fingerprint density at radius 3 is 2.71 bits per heavy atom. The number of rotatable bonds is 8. The molecule has 1 amide bonds. The van der Waals surface area contributed by atoms with Crippen molar-refractivity contribution in [2.45, 2.75) is 96.4 Å². The summed E-state index contributed by atoms with van der Waals surface area (Å²) in [5.41, 5.74) is 0.995. The summed E-state index contributed by atoms with van der Waals surface area (Å²) in [5, 5.41) is 21.3. The molecule has 34 heavy (non-hydrogen) atoms. The fraction of sp³-hybridized carbons (Fsp3) is 0.769. The minimum Gasteiger partial charge on any atom is -0.453 e. The molecule has 2 aliphatic heterocycles. The molecular weight excluding hydrogens is 438 g/mol. The number of hydrogen-bond acceptors (Lipinski definition) is 7. The van der Waals surface area contributed by atoms with Crippen molar-refractivity contribution in [3.05, 3.63) is 23.8 Å². The van der Waals surface area contributed by atoms with Crippen LogP contribution in [0.25, 0.3) is 0 Å². The lowest BCUT2D eigenvalue weighted by Crippen LogP contribution is -2.52. The summed E-state index contributed by atoms with van der Waals surface area (Å²) >= 11 is 0. The van der Waals surface area contributed by atoms with E-state index in [9.17, 15) is 19.8 Å². The Kier molecular flexibility index (Phi) is 9.32. The van der Waals surface area contributed by atoms with E-state index < -0.39 is 30.0 Å². The number of aliphatic hydroxyl groups excluding tert-OH is 1. The van der Waals surface area contributed by atoms with Crippen molar-refractivity contribution in [1.29, 1.82) is 0 Å². The van der Waals surface area contributed by atoms with Crippen molar-refractivity contribution in [2.24, 2.45) is 11.8 Å². The van der Waals surface area contributed by atoms with Crippen molar-refractivity contribution >= 4 is 11.9 Å². The molecule has 8 nitrogen and oxygen atoms in total. The summed E-state index contributed by atoms with van der Waals surface area (Å²) in [7, 11) is 0. The molecule has 2 N–H and O–H groups in total. The molecule has 0 aromatic rings. The number of hydrogen-bond donors (Lipinski definition) is 2. The number of ether oxygens (including phenoxy) is 3. The van der Waals surface area contributed by atoms with E-state index in [4.69, 9.17) is 14.2 Å². The molecule has 0 spiro atoms. The van der Waals surface area contributed by atoms with Gasteiger partial charge in [-0.2, -0.15) is 0 Å². The molecule has 0 radical (unpaired) electrons. The number of carbonyl (C=O) groups excluding carboxylic acids is 2. The SMILES string of the molecule is CCC1CCC(C)C(O)(COCC(=O)N2CCCCC2C(=O)OC2C=CC(C(C)C)=CC2O)O1. The first-order valence-electron chi connectivity index (χ1n) is 12.7. The van der Waals surface area contributed by atoms with Gasteiger partial charge in [-0.25, -0.2) is 4.79 Å². The fourth-order valence-electron chi connectivity index (χ4n) is 4.81. The van der Waals surface area contributed by atoms with E-state index in [0.717, 1.165) is 37.7 Å². The molecule has 6 atom stereocenters. The van der Waals surface area contributed by atoms with Crippen LogP contribution in [0.1, 0.15) is 66.2 Å². The molecule has 2 fully saturated rings. The predicted octanol–water partition coefficient (Wildman–Crippen LogP) is 2.72. The quantitative estimate of drug-likeness (QED) is 0.516. The Bertz CT molecular complexity index is 779. The minimum atomic E-state index is -1.41. The summed E-state index contributed by atoms with van der Waals surface area (Å²) in [6.07, 6.45) is 8.25. The van der Waals surface area contributed by atoms with Gasteiger partial charge in [0.2, 0.25) is 5.91 Å². The molecule has 0 bridgehead atoms. The van der Waals surface area contributed by atoms with Crippen molar-refractivity contribution in [3.63, 3.8) is 0 Å². The number of nitrogens with zero attached hydrogens (tertiary/aromatic N) is 1. The third-order valence-corrected chi connectivity index (χ3v) is 7.24. The van der Waals surface area contributed by atoms with Gasteiger partial charge in [0.1, 0.15) is 31.5 Å². The highest BCUT2D eigenvalue weighted by molar-refractivity contribution is 5.85. The maximum atomic E-state index is 12.9. The Morgan fingerprint density at radius 1 is 1.26 bits per heavy atom. The Hall–Kier alpha value is -1.74. The Morgan fingerprint density at radius 2 is 2.03 bits per heavy atom. The molecule has 0 saturated carbocycles. The second-order valence-electron chi connectivity index (χ2n) is 10.1. The van der Waals surface area contributed by atoms with E-state index in [2.05, 4.69) is 0 Å². The van der Waals surface area contributed by atoms with E-state index in [0.29, 0.717) is 13.0 Å². The summed E-state index contributed by atoms with van der Waals surface area (Å²) in [4.78, 5) is 27.4. The molecule has 0 aromatic heterocycles. The highest BCUT2D eigenvalue weighted by Gasteiger charge is 2.42. The molecular formula is C26H41NO7. The smallest absolute Gasteiger partial charge is 0.329 e. The molecule has 2 saturated heterocycles. The van der Waals surface area contributed by atoms with Gasteiger partial charge in [0.15, 0.2) is 5.79 Å². The molecule has 192 valence electrons. The molecule has 0 aromatic carbocycles. The van der Waals surface area contributed by atoms with E-state index in [-0.39, 0.29) is 37.1 Å². The van der Waals surface area contributed by atoms with Gasteiger partial charge >= 0.3 is 5.97 Å². The first-order chi connectivity index (χ1) is 16.1. The monoisotopic (exact) mass is 479 g/mol. The largest absolute Gasteiger partial charge is 0.453 e. The molecule has 3 aliphatic rings. The number of aliphatic hydroxyl groups is 2. The second kappa shape index (κ2) is 11.8. The van der Waals surface area contributed by atoms with Crippen LogP contribution in [-0.4, -0.2) is 76.9 Å². The maximum absolute atomic E-state index is 12.9. The number of likely N-dealkylation sites (tertiary alicyclic amines) is 1. The normalized spacial score (nSPS) is 34.1. The van der Waals surface area contributed by atoms with Crippen LogP contribution in [0.2, 0.25) is 0 Å². The molecule has 2 heterocycles. The Balaban J connectivity index is 1.54. The Labute approximate surface area is 202 Å². The van der Waals surface area contributed by atoms with Crippen LogP contribution in [-0.2, 0) is 23.8 Å². The van der Waals surface area contributed by atoms with E-state index >= 15 is 0 Å². The van der Waals surface area contributed by atoms with Crippen LogP contribution in [0.3, 0.4) is 0 Å². The summed E-state index contributed by atoms with van der Waals surface area (Å²) in [6.45, 7) is 8.10. The highest BCUT2D eigenvalue weighted by atomic mass is 16.7. The van der Waals surface area contributed by atoms with Crippen LogP contribution in [0.5, 0.6) is 0 Å². The van der Waals surface area contributed by atoms with Crippen molar-refractivity contribution < 1.29 is 34.0 Å². The minimum absolute atomic E-state index is 0.0163. The first-order valence-corrected chi connectivity index (χ1v) is 12.7. The second-order valence-corrected chi connectivity index (χ2v) is 10.1. The summed E-state index contributed by atoms with van der Waals surface area (Å²) < 4.78 is 17.0. The third-order valence-electron chi connectivity index (χ3n) is 7.24. The van der Waals surface area contributed by atoms with Crippen LogP contribution >= 0.6 is 0 Å². The first kappa shape index (κ1) is 26.9. The van der Waals surface area contributed by atoms with Gasteiger partial charge in [0, 0.05) is 12.5 Å². The van der Waals surface area contributed by atoms with E-state index in [1.165, 1.54) is 4.90 Å². The van der Waals surface area contributed by atoms with E-state index in [1.807, 2.05) is 33.8 Å². The maximum Gasteiger partial charge on any atom is 0.329 e. The van der Waals surface area contributed by atoms with Crippen molar-refractivity contribution in [3.8, 4) is 0 Å². The molecule has 1 aliphatic carbocycles. The van der Waals surface area contributed by atoms with Gasteiger partial charge in [0.25, 0.3) is 0 Å². The average Bonchev–Trinajstić information content (AvgIpc) is 2.82. The summed E-state index contributed by atoms with van der Waals surface area (Å²) in [5.74, 6) is -2.07. The fourth-order valence-corrected chi connectivity index (χ4v) is 4.81. The topological polar surface area (TPSA) is 106 Å². The van der Waals surface area contributed by atoms with Gasteiger partial charge in [-0.05, 0) is 62.2 Å². The lowest BCUT2D eigenvalue weighted by Gasteiger charge is -2.41. The zero-order valence-electron chi connectivity index (χ0n) is 20.9. The van der Waals surface area contributed by atoms with Gasteiger partial charge in [0.05, 0.1) is 6.10 Å². The molecule has 8 heteroatoms. The summed E-state index contributed by atoms with van der Waals surface area (Å²) in [6, 6.07) is -0.710. The van der Waals surface area contributed by atoms with Crippen molar-refractivity contribution in [1.82, 2.24) is 4.90 Å². The van der Waals surface area contributed by atoms with Crippen LogP contribution in [0.15, 0.2) is 23.8 Å².